The van der Waals surface area contributed by atoms with Gasteiger partial charge in [0.25, 0.3) is 0 Å². The average Bonchev–Trinajstić information content (AvgIpc) is 2.86. The van der Waals surface area contributed by atoms with E-state index in [1.165, 1.54) is 0 Å². The van der Waals surface area contributed by atoms with E-state index in [0.717, 1.165) is 22.2 Å². The molecule has 1 aliphatic heterocycles. The first-order valence-corrected chi connectivity index (χ1v) is 7.39. The van der Waals surface area contributed by atoms with Crippen LogP contribution in [0.25, 0.3) is 0 Å². The third-order valence-electron chi connectivity index (χ3n) is 3.27. The van der Waals surface area contributed by atoms with Crippen LogP contribution in [0.3, 0.4) is 0 Å². The van der Waals surface area contributed by atoms with E-state index in [-0.39, 0.29) is 12.7 Å². The average molecular weight is 348 g/mol. The summed E-state index contributed by atoms with van der Waals surface area (Å²) in [5, 5.41) is 0. The number of hydrogen-bond acceptors (Lipinski definition) is 4. The normalized spacial score (nSPS) is 16.1. The van der Waals surface area contributed by atoms with Crippen molar-refractivity contribution >= 4 is 27.6 Å². The zero-order valence-corrected chi connectivity index (χ0v) is 12.8. The zero-order valence-electron chi connectivity index (χ0n) is 11.2. The van der Waals surface area contributed by atoms with Gasteiger partial charge in [0.15, 0.2) is 0 Å². The summed E-state index contributed by atoms with van der Waals surface area (Å²) in [4.78, 5) is 12.0. The lowest BCUT2D eigenvalue weighted by molar-refractivity contribution is 0.0347. The highest BCUT2D eigenvalue weighted by molar-refractivity contribution is 9.10. The van der Waals surface area contributed by atoms with Crippen LogP contribution in [0, 0.1) is 0 Å². The predicted molar refractivity (Wildman–Crippen MR) is 83.4 cm³/mol. The summed E-state index contributed by atoms with van der Waals surface area (Å²) in [6, 6.07) is 12.9. The van der Waals surface area contributed by atoms with Gasteiger partial charge in [-0.25, -0.2) is 4.79 Å². The molecule has 1 heterocycles. The molecule has 1 atom stereocenters. The molecule has 0 aliphatic carbocycles. The second-order valence-corrected chi connectivity index (χ2v) is 5.84. The second-order valence-electron chi connectivity index (χ2n) is 4.92. The van der Waals surface area contributed by atoms with E-state index in [9.17, 15) is 4.79 Å². The largest absolute Gasteiger partial charge is 0.486 e. The molecule has 0 aromatic heterocycles. The lowest BCUT2D eigenvalue weighted by atomic mass is 10.1. The maximum Gasteiger partial charge on any atom is 0.338 e. The Morgan fingerprint density at radius 1 is 1.33 bits per heavy atom. The molecule has 108 valence electrons. The summed E-state index contributed by atoms with van der Waals surface area (Å²) in [5.41, 5.74) is 7.80. The van der Waals surface area contributed by atoms with Gasteiger partial charge in [0.2, 0.25) is 0 Å². The van der Waals surface area contributed by atoms with Crippen LogP contribution < -0.4 is 10.5 Å². The van der Waals surface area contributed by atoms with Gasteiger partial charge < -0.3 is 15.2 Å². The van der Waals surface area contributed by atoms with E-state index in [4.69, 9.17) is 15.2 Å². The molecular formula is C16H14BrNO3. The summed E-state index contributed by atoms with van der Waals surface area (Å²) >= 11 is 3.31. The molecule has 0 saturated carbocycles. The van der Waals surface area contributed by atoms with Crippen LogP contribution in [0.1, 0.15) is 15.9 Å². The number of nitrogen functional groups attached to an aromatic ring is 1. The molecule has 4 nitrogen and oxygen atoms in total. The van der Waals surface area contributed by atoms with Crippen molar-refractivity contribution in [1.82, 2.24) is 0 Å². The third kappa shape index (κ3) is 3.19. The Balaban J connectivity index is 1.60. The van der Waals surface area contributed by atoms with Crippen LogP contribution in [0.4, 0.5) is 5.69 Å². The van der Waals surface area contributed by atoms with Gasteiger partial charge in [0.05, 0.1) is 5.56 Å². The molecule has 21 heavy (non-hydrogen) atoms. The minimum atomic E-state index is -0.400. The minimum absolute atomic E-state index is 0.129. The number of ether oxygens (including phenoxy) is 2. The first kappa shape index (κ1) is 13.9. The Morgan fingerprint density at radius 2 is 2.14 bits per heavy atom. The minimum Gasteiger partial charge on any atom is -0.486 e. The van der Waals surface area contributed by atoms with Crippen molar-refractivity contribution in [3.05, 3.63) is 58.1 Å². The Hall–Kier alpha value is -2.01. The number of anilines is 1. The van der Waals surface area contributed by atoms with Crippen LogP contribution in [0.15, 0.2) is 46.9 Å². The quantitative estimate of drug-likeness (QED) is 0.684. The molecule has 0 amide bonds. The van der Waals surface area contributed by atoms with Crippen molar-refractivity contribution in [2.24, 2.45) is 0 Å². The Morgan fingerprint density at radius 3 is 2.90 bits per heavy atom. The molecule has 5 heteroatoms. The van der Waals surface area contributed by atoms with E-state index in [0.29, 0.717) is 11.3 Å². The number of carbonyl (C=O) groups is 1. The summed E-state index contributed by atoms with van der Waals surface area (Å²) in [6.07, 6.45) is 0.625. The standard InChI is InChI=1S/C16H14BrNO3/c17-12-5-11(6-13(18)8-12)16(19)20-9-14-7-10-3-1-2-4-15(10)21-14/h1-6,8,14H,7,9,18H2. The monoisotopic (exact) mass is 347 g/mol. The summed E-state index contributed by atoms with van der Waals surface area (Å²) in [5.74, 6) is 0.466. The van der Waals surface area contributed by atoms with E-state index in [1.807, 2.05) is 24.3 Å². The Kier molecular flexibility index (Phi) is 3.84. The van der Waals surface area contributed by atoms with Crippen LogP contribution in [-0.2, 0) is 11.2 Å². The van der Waals surface area contributed by atoms with Crippen LogP contribution in [0.5, 0.6) is 5.75 Å². The molecule has 0 saturated heterocycles. The van der Waals surface area contributed by atoms with Gasteiger partial charge in [-0.15, -0.1) is 0 Å². The molecule has 0 bridgehead atoms. The number of para-hydroxylation sites is 1. The van der Waals surface area contributed by atoms with Crippen molar-refractivity contribution in [1.29, 1.82) is 0 Å². The molecule has 1 unspecified atom stereocenters. The van der Waals surface area contributed by atoms with E-state index in [1.54, 1.807) is 18.2 Å². The number of nitrogens with two attached hydrogens (primary N) is 1. The topological polar surface area (TPSA) is 61.6 Å². The fourth-order valence-corrected chi connectivity index (χ4v) is 2.84. The Labute approximate surface area is 131 Å². The highest BCUT2D eigenvalue weighted by Gasteiger charge is 2.23. The third-order valence-corrected chi connectivity index (χ3v) is 3.73. The van der Waals surface area contributed by atoms with Gasteiger partial charge in [0.1, 0.15) is 18.5 Å². The highest BCUT2D eigenvalue weighted by Crippen LogP contribution is 2.28. The molecule has 0 spiro atoms. The number of carbonyl (C=O) groups excluding carboxylic acids is 1. The van der Waals surface area contributed by atoms with Crippen LogP contribution in [0.2, 0.25) is 0 Å². The lowest BCUT2D eigenvalue weighted by Gasteiger charge is -2.11. The zero-order chi connectivity index (χ0) is 14.8. The van der Waals surface area contributed by atoms with Crippen LogP contribution in [-0.4, -0.2) is 18.7 Å². The fraction of sp³-hybridized carbons (Fsp3) is 0.188. The van der Waals surface area contributed by atoms with Crippen molar-refractivity contribution in [2.45, 2.75) is 12.5 Å². The summed E-state index contributed by atoms with van der Waals surface area (Å²) < 4.78 is 11.8. The first-order valence-electron chi connectivity index (χ1n) is 6.59. The second kappa shape index (κ2) is 5.77. The van der Waals surface area contributed by atoms with Crippen LogP contribution >= 0.6 is 15.9 Å². The molecular weight excluding hydrogens is 334 g/mol. The Bertz CT molecular complexity index is 642. The summed E-state index contributed by atoms with van der Waals surface area (Å²) in [6.45, 7) is 0.222. The maximum atomic E-state index is 12.0. The summed E-state index contributed by atoms with van der Waals surface area (Å²) in [7, 11) is 0. The van der Waals surface area contributed by atoms with Gasteiger partial charge in [-0.2, -0.15) is 0 Å². The van der Waals surface area contributed by atoms with Crippen molar-refractivity contribution in [2.75, 3.05) is 12.3 Å². The van der Waals surface area contributed by atoms with Crippen molar-refractivity contribution in [3.8, 4) is 5.75 Å². The first-order chi connectivity index (χ1) is 10.1. The molecule has 3 rings (SSSR count). The van der Waals surface area contributed by atoms with E-state index < -0.39 is 5.97 Å². The fourth-order valence-electron chi connectivity index (χ4n) is 2.33. The number of rotatable bonds is 3. The number of halogens is 1. The van der Waals surface area contributed by atoms with Gasteiger partial charge in [-0.1, -0.05) is 34.1 Å². The molecule has 2 aromatic rings. The molecule has 2 N–H and O–H groups in total. The number of benzene rings is 2. The molecule has 0 radical (unpaired) electrons. The van der Waals surface area contributed by atoms with Crippen molar-refractivity contribution < 1.29 is 14.3 Å². The highest BCUT2D eigenvalue weighted by atomic mass is 79.9. The van der Waals surface area contributed by atoms with Gasteiger partial charge in [0, 0.05) is 16.6 Å². The lowest BCUT2D eigenvalue weighted by Crippen LogP contribution is -2.23. The maximum absolute atomic E-state index is 12.0. The van der Waals surface area contributed by atoms with E-state index in [2.05, 4.69) is 15.9 Å². The SMILES string of the molecule is Nc1cc(Br)cc(C(=O)OCC2Cc3ccccc3O2)c1. The molecule has 0 fully saturated rings. The van der Waals surface area contributed by atoms with Gasteiger partial charge in [-0.3, -0.25) is 0 Å². The predicted octanol–water partition coefficient (Wildman–Crippen LogP) is 3.19. The van der Waals surface area contributed by atoms with Gasteiger partial charge >= 0.3 is 5.97 Å². The number of esters is 1. The number of fused-ring (bicyclic) bond motifs is 1. The van der Waals surface area contributed by atoms with Gasteiger partial charge in [-0.05, 0) is 29.8 Å². The molecule has 1 aliphatic rings. The van der Waals surface area contributed by atoms with Crippen molar-refractivity contribution in [3.63, 3.8) is 0 Å². The molecule has 2 aromatic carbocycles. The number of hydrogen-bond donors (Lipinski definition) is 1. The smallest absolute Gasteiger partial charge is 0.338 e. The van der Waals surface area contributed by atoms with E-state index >= 15 is 0 Å².